The average Bonchev–Trinajstić information content (AvgIpc) is 3.62. The van der Waals surface area contributed by atoms with Crippen molar-refractivity contribution < 1.29 is 42.9 Å². The summed E-state index contributed by atoms with van der Waals surface area (Å²) in [5.41, 5.74) is 5.89. The number of ether oxygens (including phenoxy) is 5. The van der Waals surface area contributed by atoms with Crippen LogP contribution in [-0.2, 0) is 30.8 Å². The SMILES string of the molecule is C=CC(=O)OCCCCOC(=O)c1ccc(OC(=O)/C=C/c2ccc(-c3ccc(-c4ccc(OC(=O)OCCCC)cc4)c(Cl)c3/C=N/N=c3\sc4ccccc4n3C)cc2)cc1. The van der Waals surface area contributed by atoms with E-state index in [2.05, 4.69) is 16.8 Å². The molecule has 0 amide bonds. The summed E-state index contributed by atoms with van der Waals surface area (Å²) in [4.78, 5) is 49.0. The van der Waals surface area contributed by atoms with Crippen molar-refractivity contribution in [3.63, 3.8) is 0 Å². The molecule has 63 heavy (non-hydrogen) atoms. The Balaban J connectivity index is 1.14. The number of esters is 3. The number of carbonyl (C=O) groups is 4. The molecular weight excluding hydrogens is 842 g/mol. The van der Waals surface area contributed by atoms with E-state index < -0.39 is 24.1 Å². The molecule has 0 aliphatic carbocycles. The van der Waals surface area contributed by atoms with Crippen LogP contribution in [-0.4, -0.2) is 54.7 Å². The van der Waals surface area contributed by atoms with Crippen LogP contribution in [0.1, 0.15) is 54.1 Å². The third kappa shape index (κ3) is 12.7. The number of unbranched alkanes of at least 4 members (excludes halogenated alkanes) is 2. The quantitative estimate of drug-likeness (QED) is 0.0120. The molecule has 0 N–H and O–H groups in total. The van der Waals surface area contributed by atoms with Crippen molar-refractivity contribution in [3.05, 3.63) is 154 Å². The van der Waals surface area contributed by atoms with Gasteiger partial charge in [-0.15, -0.1) is 5.10 Å². The van der Waals surface area contributed by atoms with Gasteiger partial charge < -0.3 is 28.3 Å². The molecule has 14 heteroatoms. The third-order valence-corrected chi connectivity index (χ3v) is 10.9. The predicted molar refractivity (Wildman–Crippen MR) is 245 cm³/mol. The van der Waals surface area contributed by atoms with E-state index in [0.29, 0.717) is 46.1 Å². The first-order valence-corrected chi connectivity index (χ1v) is 21.3. The van der Waals surface area contributed by atoms with E-state index in [9.17, 15) is 19.2 Å². The minimum atomic E-state index is -0.755. The Bertz CT molecular complexity index is 2700. The lowest BCUT2D eigenvalue weighted by molar-refractivity contribution is -0.138. The van der Waals surface area contributed by atoms with Gasteiger partial charge in [0, 0.05) is 30.3 Å². The van der Waals surface area contributed by atoms with Gasteiger partial charge >= 0.3 is 24.1 Å². The number of benzene rings is 5. The summed E-state index contributed by atoms with van der Waals surface area (Å²) in [5.74, 6) is -1.02. The second kappa shape index (κ2) is 22.7. The van der Waals surface area contributed by atoms with E-state index in [-0.39, 0.29) is 19.0 Å². The van der Waals surface area contributed by atoms with Crippen LogP contribution in [0, 0.1) is 0 Å². The lowest BCUT2D eigenvalue weighted by Gasteiger charge is -2.13. The second-order valence-electron chi connectivity index (χ2n) is 13.8. The first-order chi connectivity index (χ1) is 30.6. The van der Waals surface area contributed by atoms with Crippen LogP contribution in [0.25, 0.3) is 38.5 Å². The number of hydrogen-bond donors (Lipinski definition) is 0. The molecule has 0 aliphatic rings. The number of hydrogen-bond acceptors (Lipinski definition) is 12. The van der Waals surface area contributed by atoms with Crippen molar-refractivity contribution in [2.75, 3.05) is 19.8 Å². The number of nitrogens with zero attached hydrogens (tertiary/aromatic N) is 3. The van der Waals surface area contributed by atoms with Crippen molar-refractivity contribution in [2.24, 2.45) is 17.3 Å². The summed E-state index contributed by atoms with van der Waals surface area (Å²) in [5, 5.41) is 9.49. The van der Waals surface area contributed by atoms with Gasteiger partial charge in [-0.1, -0.05) is 104 Å². The molecule has 0 bridgehead atoms. The van der Waals surface area contributed by atoms with Crippen LogP contribution in [0.4, 0.5) is 4.79 Å². The Morgan fingerprint density at radius 2 is 1.37 bits per heavy atom. The zero-order chi connectivity index (χ0) is 44.6. The lowest BCUT2D eigenvalue weighted by atomic mass is 9.94. The van der Waals surface area contributed by atoms with Gasteiger partial charge in [-0.25, -0.2) is 19.2 Å². The van der Waals surface area contributed by atoms with E-state index in [1.165, 1.54) is 41.7 Å². The number of aryl methyl sites for hydroxylation is 1. The van der Waals surface area contributed by atoms with E-state index >= 15 is 0 Å². The molecule has 0 saturated carbocycles. The summed E-state index contributed by atoms with van der Waals surface area (Å²) in [6.45, 7) is 6.02. The number of para-hydroxylation sites is 1. The topological polar surface area (TPSA) is 144 Å². The zero-order valence-corrected chi connectivity index (χ0v) is 36.2. The third-order valence-electron chi connectivity index (χ3n) is 9.43. The highest BCUT2D eigenvalue weighted by Crippen LogP contribution is 2.37. The minimum absolute atomic E-state index is 0.166. The molecule has 0 unspecified atom stereocenters. The Morgan fingerprint density at radius 3 is 2.08 bits per heavy atom. The highest BCUT2D eigenvalue weighted by molar-refractivity contribution is 7.16. The standard InChI is InChI=1S/C49H44ClN3O9S/c1-4-6-29-60-49(57)62-38-22-18-35(19-23-38)40-27-26-39(41(46(40)50)32-51-52-48-53(3)42-11-7-8-12-43(42)63-48)34-16-13-33(14-17-34)15-28-45(55)61-37-24-20-36(21-25-37)47(56)59-31-10-9-30-58-44(54)5-2/h5,7-8,11-28,32H,2,4,6,9-10,29-31H2,1,3H3/b28-15+,51-32+,52-48-. The molecular formula is C49H44ClN3O9S. The molecule has 6 rings (SSSR count). The van der Waals surface area contributed by atoms with Crippen LogP contribution < -0.4 is 14.3 Å². The predicted octanol–water partition coefficient (Wildman–Crippen LogP) is 10.8. The van der Waals surface area contributed by atoms with Crippen LogP contribution in [0.15, 0.2) is 138 Å². The fraction of sp³-hybridized carbons (Fsp3) is 0.184. The maximum absolute atomic E-state index is 12.7. The summed E-state index contributed by atoms with van der Waals surface area (Å²) in [7, 11) is 1.94. The molecule has 6 aromatic rings. The van der Waals surface area contributed by atoms with Crippen molar-refractivity contribution >= 4 is 69.5 Å². The number of rotatable bonds is 18. The first kappa shape index (κ1) is 45.4. The zero-order valence-electron chi connectivity index (χ0n) is 34.7. The van der Waals surface area contributed by atoms with Gasteiger partial charge in [0.1, 0.15) is 11.5 Å². The Hall–Kier alpha value is -7.09. The molecule has 0 fully saturated rings. The number of carbonyl (C=O) groups excluding carboxylic acids is 4. The molecule has 12 nitrogen and oxygen atoms in total. The number of aromatic nitrogens is 1. The molecule has 0 saturated heterocycles. The van der Waals surface area contributed by atoms with E-state index in [4.69, 9.17) is 35.3 Å². The summed E-state index contributed by atoms with van der Waals surface area (Å²) < 4.78 is 29.1. The van der Waals surface area contributed by atoms with Gasteiger partial charge in [0.2, 0.25) is 4.80 Å². The minimum Gasteiger partial charge on any atom is -0.463 e. The lowest BCUT2D eigenvalue weighted by Crippen LogP contribution is -2.11. The molecule has 1 aromatic heterocycles. The molecule has 0 aliphatic heterocycles. The fourth-order valence-electron chi connectivity index (χ4n) is 6.07. The van der Waals surface area contributed by atoms with Gasteiger partial charge in [-0.3, -0.25) is 0 Å². The maximum atomic E-state index is 12.7. The number of halogens is 1. The Labute approximate surface area is 373 Å². The number of thiazole rings is 1. The summed E-state index contributed by atoms with van der Waals surface area (Å²) in [6.07, 6.45) is 7.65. The van der Waals surface area contributed by atoms with Crippen molar-refractivity contribution in [1.82, 2.24) is 4.57 Å². The smallest absolute Gasteiger partial charge is 0.463 e. The normalized spacial score (nSPS) is 11.5. The molecule has 0 spiro atoms. The van der Waals surface area contributed by atoms with Crippen molar-refractivity contribution in [2.45, 2.75) is 32.6 Å². The highest BCUT2D eigenvalue weighted by atomic mass is 35.5. The van der Waals surface area contributed by atoms with E-state index in [1.807, 2.05) is 91.3 Å². The van der Waals surface area contributed by atoms with Crippen LogP contribution >= 0.6 is 22.9 Å². The van der Waals surface area contributed by atoms with Crippen molar-refractivity contribution in [3.8, 4) is 33.8 Å². The first-order valence-electron chi connectivity index (χ1n) is 20.1. The van der Waals surface area contributed by atoms with Gasteiger partial charge in [0.05, 0.1) is 46.8 Å². The fourth-order valence-corrected chi connectivity index (χ4v) is 7.37. The molecule has 5 aromatic carbocycles. The van der Waals surface area contributed by atoms with Gasteiger partial charge in [0.25, 0.3) is 0 Å². The van der Waals surface area contributed by atoms with Crippen molar-refractivity contribution in [1.29, 1.82) is 0 Å². The van der Waals surface area contributed by atoms with E-state index in [0.717, 1.165) is 57.0 Å². The molecule has 0 atom stereocenters. The molecule has 0 radical (unpaired) electrons. The van der Waals surface area contributed by atoms with Crippen LogP contribution in [0.3, 0.4) is 0 Å². The molecule has 1 heterocycles. The summed E-state index contributed by atoms with van der Waals surface area (Å²) >= 11 is 8.71. The summed E-state index contributed by atoms with van der Waals surface area (Å²) in [6, 6.07) is 32.5. The average molecular weight is 886 g/mol. The van der Waals surface area contributed by atoms with Crippen LogP contribution in [0.5, 0.6) is 11.5 Å². The Morgan fingerprint density at radius 1 is 0.730 bits per heavy atom. The van der Waals surface area contributed by atoms with Crippen LogP contribution in [0.2, 0.25) is 5.02 Å². The largest absolute Gasteiger partial charge is 0.513 e. The van der Waals surface area contributed by atoms with E-state index in [1.54, 1.807) is 24.4 Å². The molecule has 322 valence electrons. The second-order valence-corrected chi connectivity index (χ2v) is 15.2. The Kier molecular flexibility index (Phi) is 16.3. The van der Waals surface area contributed by atoms with Gasteiger partial charge in [-0.2, -0.15) is 5.10 Å². The highest BCUT2D eigenvalue weighted by Gasteiger charge is 2.15. The van der Waals surface area contributed by atoms with Gasteiger partial charge in [-0.05, 0) is 96.1 Å². The van der Waals surface area contributed by atoms with Gasteiger partial charge in [0.15, 0.2) is 0 Å². The monoisotopic (exact) mass is 885 g/mol. The maximum Gasteiger partial charge on any atom is 0.513 e. The number of fused-ring (bicyclic) bond motifs is 1.